The molecule has 2 heterocycles. The minimum Gasteiger partial charge on any atom is -0.462 e. The van der Waals surface area contributed by atoms with E-state index in [-0.39, 0.29) is 5.91 Å². The van der Waals surface area contributed by atoms with Gasteiger partial charge in [-0.25, -0.2) is 4.79 Å². The van der Waals surface area contributed by atoms with Gasteiger partial charge < -0.3 is 14.6 Å². The fraction of sp³-hybridized carbons (Fsp3) is 0.333. The van der Waals surface area contributed by atoms with Crippen molar-refractivity contribution in [2.45, 2.75) is 27.3 Å². The molecule has 0 aliphatic heterocycles. The zero-order valence-electron chi connectivity index (χ0n) is 12.3. The summed E-state index contributed by atoms with van der Waals surface area (Å²) >= 11 is 1.37. The zero-order chi connectivity index (χ0) is 15.4. The number of carbonyl (C=O) groups is 2. The first-order chi connectivity index (χ1) is 10.1. The third kappa shape index (κ3) is 3.33. The second kappa shape index (κ2) is 6.58. The first-order valence-electron chi connectivity index (χ1n) is 6.80. The summed E-state index contributed by atoms with van der Waals surface area (Å²) in [5, 5.41) is 3.33. The average molecular weight is 306 g/mol. The Morgan fingerprint density at radius 2 is 2.14 bits per heavy atom. The molecule has 0 aliphatic carbocycles. The lowest BCUT2D eigenvalue weighted by Crippen LogP contribution is -2.17. The normalized spacial score (nSPS) is 10.4. The number of nitrogens with one attached hydrogen (secondary N) is 1. The summed E-state index contributed by atoms with van der Waals surface area (Å²) in [6.07, 6.45) is 1.85. The smallest absolute Gasteiger partial charge is 0.341 e. The predicted octanol–water partition coefficient (Wildman–Crippen LogP) is 3.31. The molecule has 0 fully saturated rings. The van der Waals surface area contributed by atoms with Gasteiger partial charge in [0.2, 0.25) is 0 Å². The topological polar surface area (TPSA) is 60.3 Å². The number of aromatic nitrogens is 1. The van der Waals surface area contributed by atoms with Crippen molar-refractivity contribution in [1.82, 2.24) is 4.57 Å². The highest BCUT2D eigenvalue weighted by atomic mass is 32.1. The van der Waals surface area contributed by atoms with Gasteiger partial charge in [-0.05, 0) is 39.0 Å². The van der Waals surface area contributed by atoms with E-state index in [0.717, 1.165) is 4.88 Å². The molecule has 0 saturated heterocycles. The number of esters is 1. The van der Waals surface area contributed by atoms with Crippen molar-refractivity contribution >= 4 is 28.2 Å². The maximum Gasteiger partial charge on any atom is 0.341 e. The van der Waals surface area contributed by atoms with Crippen LogP contribution in [-0.2, 0) is 11.3 Å². The SMILES string of the molecule is CCOC(=O)c1cc(C)sc1NC(=O)c1cccn1CC. The van der Waals surface area contributed by atoms with Gasteiger partial charge in [0, 0.05) is 17.6 Å². The average Bonchev–Trinajstić information content (AvgIpc) is 3.05. The summed E-state index contributed by atoms with van der Waals surface area (Å²) in [5.41, 5.74) is 0.973. The number of thiophene rings is 1. The van der Waals surface area contributed by atoms with Crippen LogP contribution in [0.3, 0.4) is 0 Å². The fourth-order valence-corrected chi connectivity index (χ4v) is 2.93. The predicted molar refractivity (Wildman–Crippen MR) is 83.1 cm³/mol. The van der Waals surface area contributed by atoms with E-state index >= 15 is 0 Å². The standard InChI is InChI=1S/C15H18N2O3S/c1-4-17-8-6-7-12(17)13(18)16-14-11(9-10(3)21-14)15(19)20-5-2/h6-9H,4-5H2,1-3H3,(H,16,18). The van der Waals surface area contributed by atoms with E-state index in [0.29, 0.717) is 29.4 Å². The molecule has 0 aliphatic rings. The summed E-state index contributed by atoms with van der Waals surface area (Å²) in [4.78, 5) is 25.2. The maximum absolute atomic E-state index is 12.3. The number of aryl methyl sites for hydroxylation is 2. The first kappa shape index (κ1) is 15.3. The van der Waals surface area contributed by atoms with Crippen molar-refractivity contribution in [1.29, 1.82) is 0 Å². The molecule has 0 atom stereocenters. The molecule has 2 rings (SSSR count). The lowest BCUT2D eigenvalue weighted by atomic mass is 10.3. The van der Waals surface area contributed by atoms with Crippen LogP contribution in [0, 0.1) is 6.92 Å². The van der Waals surface area contributed by atoms with Crippen LogP contribution in [0.2, 0.25) is 0 Å². The molecule has 0 unspecified atom stereocenters. The van der Waals surface area contributed by atoms with Crippen LogP contribution in [-0.4, -0.2) is 23.1 Å². The van der Waals surface area contributed by atoms with Crippen LogP contribution >= 0.6 is 11.3 Å². The highest BCUT2D eigenvalue weighted by molar-refractivity contribution is 7.16. The van der Waals surface area contributed by atoms with Crippen LogP contribution in [0.5, 0.6) is 0 Å². The largest absolute Gasteiger partial charge is 0.462 e. The lowest BCUT2D eigenvalue weighted by molar-refractivity contribution is 0.0528. The van der Waals surface area contributed by atoms with Crippen LogP contribution in [0.25, 0.3) is 0 Å². The Hall–Kier alpha value is -2.08. The third-order valence-corrected chi connectivity index (χ3v) is 3.95. The molecule has 0 spiro atoms. The summed E-state index contributed by atoms with van der Waals surface area (Å²) in [6.45, 7) is 6.63. The van der Waals surface area contributed by atoms with Gasteiger partial charge in [0.1, 0.15) is 10.7 Å². The first-order valence-corrected chi connectivity index (χ1v) is 7.62. The van der Waals surface area contributed by atoms with Crippen molar-refractivity contribution < 1.29 is 14.3 Å². The third-order valence-electron chi connectivity index (χ3n) is 2.98. The summed E-state index contributed by atoms with van der Waals surface area (Å²) in [5.74, 6) is -0.641. The molecular weight excluding hydrogens is 288 g/mol. The Balaban J connectivity index is 2.23. The van der Waals surface area contributed by atoms with Crippen LogP contribution in [0.15, 0.2) is 24.4 Å². The van der Waals surface area contributed by atoms with E-state index in [1.807, 2.05) is 30.7 Å². The van der Waals surface area contributed by atoms with Gasteiger partial charge >= 0.3 is 5.97 Å². The fourth-order valence-electron chi connectivity index (χ4n) is 2.03. The number of hydrogen-bond donors (Lipinski definition) is 1. The Bertz CT molecular complexity index is 658. The van der Waals surface area contributed by atoms with Crippen molar-refractivity contribution in [3.05, 3.63) is 40.5 Å². The Morgan fingerprint density at radius 3 is 2.81 bits per heavy atom. The molecular formula is C15H18N2O3S. The molecule has 0 bridgehead atoms. The van der Waals surface area contributed by atoms with Crippen LogP contribution in [0.1, 0.15) is 39.6 Å². The van der Waals surface area contributed by atoms with E-state index < -0.39 is 5.97 Å². The summed E-state index contributed by atoms with van der Waals surface area (Å²) in [7, 11) is 0. The number of ether oxygens (including phenoxy) is 1. The number of anilines is 1. The molecule has 0 aromatic carbocycles. The summed E-state index contributed by atoms with van der Waals surface area (Å²) in [6, 6.07) is 5.31. The number of hydrogen-bond acceptors (Lipinski definition) is 4. The van der Waals surface area contributed by atoms with E-state index in [4.69, 9.17) is 4.74 Å². The van der Waals surface area contributed by atoms with E-state index in [1.54, 1.807) is 19.1 Å². The van der Waals surface area contributed by atoms with Crippen molar-refractivity contribution in [2.75, 3.05) is 11.9 Å². The molecule has 2 aromatic heterocycles. The second-order valence-corrected chi connectivity index (χ2v) is 5.71. The lowest BCUT2D eigenvalue weighted by Gasteiger charge is -2.08. The van der Waals surface area contributed by atoms with E-state index in [9.17, 15) is 9.59 Å². The minimum absolute atomic E-state index is 0.228. The molecule has 0 saturated carbocycles. The highest BCUT2D eigenvalue weighted by Crippen LogP contribution is 2.28. The Labute approximate surface area is 127 Å². The van der Waals surface area contributed by atoms with E-state index in [2.05, 4.69) is 5.32 Å². The number of nitrogens with zero attached hydrogens (tertiary/aromatic N) is 1. The Kier molecular flexibility index (Phi) is 4.80. The van der Waals surface area contributed by atoms with E-state index in [1.165, 1.54) is 11.3 Å². The molecule has 21 heavy (non-hydrogen) atoms. The summed E-state index contributed by atoms with van der Waals surface area (Å²) < 4.78 is 6.86. The number of rotatable bonds is 5. The minimum atomic E-state index is -0.414. The van der Waals surface area contributed by atoms with Gasteiger partial charge in [-0.2, -0.15) is 0 Å². The van der Waals surface area contributed by atoms with Gasteiger partial charge in [0.15, 0.2) is 0 Å². The molecule has 1 N–H and O–H groups in total. The van der Waals surface area contributed by atoms with Gasteiger partial charge in [-0.3, -0.25) is 4.79 Å². The van der Waals surface area contributed by atoms with Gasteiger partial charge in [0.25, 0.3) is 5.91 Å². The van der Waals surface area contributed by atoms with Crippen LogP contribution in [0.4, 0.5) is 5.00 Å². The molecule has 6 heteroatoms. The highest BCUT2D eigenvalue weighted by Gasteiger charge is 2.19. The molecule has 2 aromatic rings. The molecule has 112 valence electrons. The Morgan fingerprint density at radius 1 is 1.38 bits per heavy atom. The van der Waals surface area contributed by atoms with Crippen molar-refractivity contribution in [2.24, 2.45) is 0 Å². The molecule has 1 amide bonds. The molecule has 0 radical (unpaired) electrons. The van der Waals surface area contributed by atoms with Crippen LogP contribution < -0.4 is 5.32 Å². The monoisotopic (exact) mass is 306 g/mol. The molecule has 5 nitrogen and oxygen atoms in total. The zero-order valence-corrected chi connectivity index (χ0v) is 13.1. The van der Waals surface area contributed by atoms with Crippen molar-refractivity contribution in [3.63, 3.8) is 0 Å². The maximum atomic E-state index is 12.3. The van der Waals surface area contributed by atoms with Gasteiger partial charge in [0.05, 0.1) is 12.2 Å². The quantitative estimate of drug-likeness (QED) is 0.862. The number of amides is 1. The van der Waals surface area contributed by atoms with Crippen molar-refractivity contribution in [3.8, 4) is 0 Å². The second-order valence-electron chi connectivity index (χ2n) is 4.45. The van der Waals surface area contributed by atoms with Gasteiger partial charge in [-0.1, -0.05) is 0 Å². The number of carbonyl (C=O) groups excluding carboxylic acids is 2. The van der Waals surface area contributed by atoms with Gasteiger partial charge in [-0.15, -0.1) is 11.3 Å².